The van der Waals surface area contributed by atoms with Gasteiger partial charge < -0.3 is 4.74 Å². The van der Waals surface area contributed by atoms with E-state index in [0.717, 1.165) is 11.3 Å². The van der Waals surface area contributed by atoms with Gasteiger partial charge in [-0.25, -0.2) is 4.98 Å². The first kappa shape index (κ1) is 18.4. The van der Waals surface area contributed by atoms with Gasteiger partial charge in [0.1, 0.15) is 11.6 Å². The van der Waals surface area contributed by atoms with Gasteiger partial charge in [0.2, 0.25) is 0 Å². The van der Waals surface area contributed by atoms with Gasteiger partial charge >= 0.3 is 0 Å². The van der Waals surface area contributed by atoms with Gasteiger partial charge in [-0.15, -0.1) is 0 Å². The molecule has 0 aliphatic rings. The van der Waals surface area contributed by atoms with E-state index in [4.69, 9.17) is 4.74 Å². The van der Waals surface area contributed by atoms with Crippen molar-refractivity contribution in [1.82, 2.24) is 9.55 Å². The molecule has 0 saturated heterocycles. The van der Waals surface area contributed by atoms with Crippen LogP contribution in [0.15, 0.2) is 59.5 Å². The Morgan fingerprint density at radius 3 is 2.59 bits per heavy atom. The standard InChI is InChI=1S/C21H21N3O3/c1-14-8-10-18(27-4)17(12-14)24-13-16(9-11-20(24)25)21(26)23(3)19-7-5-6-15(2)22-19/h5-13H,1-4H3. The Balaban J connectivity index is 2.04. The van der Waals surface area contributed by atoms with Crippen molar-refractivity contribution >= 4 is 11.7 Å². The van der Waals surface area contributed by atoms with Crippen LogP contribution in [-0.2, 0) is 0 Å². The van der Waals surface area contributed by atoms with Crippen molar-refractivity contribution in [3.05, 3.63) is 81.9 Å². The molecule has 1 amide bonds. The van der Waals surface area contributed by atoms with Crippen molar-refractivity contribution in [2.24, 2.45) is 0 Å². The van der Waals surface area contributed by atoms with E-state index < -0.39 is 0 Å². The number of benzene rings is 1. The molecule has 0 unspecified atom stereocenters. The average molecular weight is 363 g/mol. The first-order valence-electron chi connectivity index (χ1n) is 8.50. The minimum atomic E-state index is -0.256. The maximum atomic E-state index is 12.9. The van der Waals surface area contributed by atoms with E-state index in [1.165, 1.54) is 27.8 Å². The molecule has 0 aliphatic heterocycles. The number of rotatable bonds is 4. The first-order valence-corrected chi connectivity index (χ1v) is 8.50. The predicted octanol–water partition coefficient (Wildman–Crippen LogP) is 3.13. The average Bonchev–Trinajstić information content (AvgIpc) is 2.67. The zero-order chi connectivity index (χ0) is 19.6. The quantitative estimate of drug-likeness (QED) is 0.714. The van der Waals surface area contributed by atoms with E-state index in [9.17, 15) is 9.59 Å². The van der Waals surface area contributed by atoms with Gasteiger partial charge in [0, 0.05) is 25.0 Å². The third kappa shape index (κ3) is 3.74. The molecule has 138 valence electrons. The molecule has 0 fully saturated rings. The summed E-state index contributed by atoms with van der Waals surface area (Å²) in [6.45, 7) is 3.80. The first-order chi connectivity index (χ1) is 12.9. The van der Waals surface area contributed by atoms with E-state index in [2.05, 4.69) is 4.98 Å². The van der Waals surface area contributed by atoms with Gasteiger partial charge in [0.15, 0.2) is 0 Å². The molecule has 0 bridgehead atoms. The Hall–Kier alpha value is -3.41. The van der Waals surface area contributed by atoms with Crippen LogP contribution < -0.4 is 15.2 Å². The number of carbonyl (C=O) groups excluding carboxylic acids is 1. The molecular weight excluding hydrogens is 342 g/mol. The highest BCUT2D eigenvalue weighted by atomic mass is 16.5. The number of nitrogens with zero attached hydrogens (tertiary/aromatic N) is 3. The molecule has 27 heavy (non-hydrogen) atoms. The Morgan fingerprint density at radius 2 is 1.89 bits per heavy atom. The summed E-state index contributed by atoms with van der Waals surface area (Å²) < 4.78 is 6.80. The Bertz CT molecular complexity index is 1060. The van der Waals surface area contributed by atoms with Crippen molar-refractivity contribution in [3.8, 4) is 11.4 Å². The molecular formula is C21H21N3O3. The van der Waals surface area contributed by atoms with Crippen molar-refractivity contribution in [2.45, 2.75) is 13.8 Å². The number of anilines is 1. The van der Waals surface area contributed by atoms with E-state index in [-0.39, 0.29) is 11.5 Å². The van der Waals surface area contributed by atoms with Gasteiger partial charge in [0.25, 0.3) is 11.5 Å². The summed E-state index contributed by atoms with van der Waals surface area (Å²) in [6, 6.07) is 13.9. The Morgan fingerprint density at radius 1 is 1.11 bits per heavy atom. The van der Waals surface area contributed by atoms with Crippen molar-refractivity contribution in [1.29, 1.82) is 0 Å². The second kappa shape index (κ2) is 7.45. The molecule has 0 spiro atoms. The summed E-state index contributed by atoms with van der Waals surface area (Å²) in [5.41, 5.74) is 2.53. The van der Waals surface area contributed by atoms with E-state index in [1.807, 2.05) is 38.1 Å². The number of hydrogen-bond acceptors (Lipinski definition) is 4. The van der Waals surface area contributed by atoms with Crippen molar-refractivity contribution in [3.63, 3.8) is 0 Å². The van der Waals surface area contributed by atoms with Gasteiger partial charge in [-0.2, -0.15) is 0 Å². The largest absolute Gasteiger partial charge is 0.495 e. The van der Waals surface area contributed by atoms with E-state index in [1.54, 1.807) is 26.3 Å². The fourth-order valence-corrected chi connectivity index (χ4v) is 2.80. The minimum Gasteiger partial charge on any atom is -0.495 e. The number of ether oxygens (including phenoxy) is 1. The van der Waals surface area contributed by atoms with Gasteiger partial charge in [-0.1, -0.05) is 12.1 Å². The Labute approximate surface area is 157 Å². The lowest BCUT2D eigenvalue weighted by Crippen LogP contribution is -2.29. The molecule has 1 aromatic carbocycles. The number of aromatic nitrogens is 2. The topological polar surface area (TPSA) is 64.4 Å². The number of methoxy groups -OCH3 is 1. The molecule has 2 aromatic heterocycles. The number of hydrogen-bond donors (Lipinski definition) is 0. The van der Waals surface area contributed by atoms with Crippen LogP contribution in [0.5, 0.6) is 5.75 Å². The molecule has 3 rings (SSSR count). The second-order valence-electron chi connectivity index (χ2n) is 6.30. The highest BCUT2D eigenvalue weighted by Gasteiger charge is 2.17. The second-order valence-corrected chi connectivity index (χ2v) is 6.30. The molecule has 0 N–H and O–H groups in total. The molecule has 3 aromatic rings. The van der Waals surface area contributed by atoms with Crippen LogP contribution >= 0.6 is 0 Å². The zero-order valence-electron chi connectivity index (χ0n) is 15.8. The molecule has 6 heteroatoms. The van der Waals surface area contributed by atoms with Crippen LogP contribution in [0.3, 0.4) is 0 Å². The molecule has 0 radical (unpaired) electrons. The van der Waals surface area contributed by atoms with Crippen molar-refractivity contribution in [2.75, 3.05) is 19.1 Å². The monoisotopic (exact) mass is 363 g/mol. The number of carbonyl (C=O) groups is 1. The number of aryl methyl sites for hydroxylation is 2. The lowest BCUT2D eigenvalue weighted by Gasteiger charge is -2.18. The van der Waals surface area contributed by atoms with Gasteiger partial charge in [-0.05, 0) is 49.7 Å². The van der Waals surface area contributed by atoms with Crippen LogP contribution in [0.1, 0.15) is 21.6 Å². The molecule has 0 atom stereocenters. The minimum absolute atomic E-state index is 0.244. The van der Waals surface area contributed by atoms with Crippen molar-refractivity contribution < 1.29 is 9.53 Å². The van der Waals surface area contributed by atoms with E-state index >= 15 is 0 Å². The summed E-state index contributed by atoms with van der Waals surface area (Å²) in [5.74, 6) is 0.848. The van der Waals surface area contributed by atoms with Crippen LogP contribution in [0.4, 0.5) is 5.82 Å². The van der Waals surface area contributed by atoms with Crippen LogP contribution in [0.25, 0.3) is 5.69 Å². The molecule has 2 heterocycles. The summed E-state index contributed by atoms with van der Waals surface area (Å²) in [7, 11) is 3.21. The smallest absolute Gasteiger partial charge is 0.260 e. The highest BCUT2D eigenvalue weighted by molar-refractivity contribution is 6.05. The maximum absolute atomic E-state index is 12.9. The van der Waals surface area contributed by atoms with Crippen LogP contribution in [0.2, 0.25) is 0 Å². The summed E-state index contributed by atoms with van der Waals surface area (Å²) in [6.07, 6.45) is 1.54. The highest BCUT2D eigenvalue weighted by Crippen LogP contribution is 2.23. The van der Waals surface area contributed by atoms with Gasteiger partial charge in [0.05, 0.1) is 18.4 Å². The number of pyridine rings is 2. The zero-order valence-corrected chi connectivity index (χ0v) is 15.8. The third-order valence-corrected chi connectivity index (χ3v) is 4.27. The molecule has 0 saturated carbocycles. The normalized spacial score (nSPS) is 10.5. The summed E-state index contributed by atoms with van der Waals surface area (Å²) >= 11 is 0. The summed E-state index contributed by atoms with van der Waals surface area (Å²) in [4.78, 5) is 31.2. The lowest BCUT2D eigenvalue weighted by molar-refractivity contribution is 0.0991. The fourth-order valence-electron chi connectivity index (χ4n) is 2.80. The molecule has 0 aliphatic carbocycles. The SMILES string of the molecule is COc1ccc(C)cc1-n1cc(C(=O)N(C)c2cccc(C)n2)ccc1=O. The third-order valence-electron chi connectivity index (χ3n) is 4.27. The fraction of sp³-hybridized carbons (Fsp3) is 0.190. The Kier molecular flexibility index (Phi) is 5.07. The maximum Gasteiger partial charge on any atom is 0.260 e. The van der Waals surface area contributed by atoms with Crippen LogP contribution in [0, 0.1) is 13.8 Å². The predicted molar refractivity (Wildman–Crippen MR) is 105 cm³/mol. The lowest BCUT2D eigenvalue weighted by atomic mass is 10.2. The van der Waals surface area contributed by atoms with Crippen LogP contribution in [-0.4, -0.2) is 29.6 Å². The summed E-state index contributed by atoms with van der Waals surface area (Å²) in [5, 5.41) is 0. The molecule has 6 nitrogen and oxygen atoms in total. The number of amides is 1. The van der Waals surface area contributed by atoms with E-state index in [0.29, 0.717) is 22.8 Å². The van der Waals surface area contributed by atoms with Gasteiger partial charge in [-0.3, -0.25) is 19.1 Å².